The summed E-state index contributed by atoms with van der Waals surface area (Å²) >= 11 is 0. The van der Waals surface area contributed by atoms with Crippen LogP contribution in [0, 0.1) is 0 Å². The van der Waals surface area contributed by atoms with Crippen LogP contribution in [0.2, 0.25) is 0 Å². The number of benzene rings is 2. The number of hydrogen-bond donors (Lipinski definition) is 4. The molecule has 4 N–H and O–H groups in total. The smallest absolute Gasteiger partial charge is 0.243 e. The fourth-order valence-electron chi connectivity index (χ4n) is 4.60. The maximum atomic E-state index is 13.4. The van der Waals surface area contributed by atoms with Crippen LogP contribution in [-0.4, -0.2) is 75.2 Å². The first-order valence-corrected chi connectivity index (χ1v) is 14.4. The Bertz CT molecular complexity index is 1400. The predicted octanol–water partition coefficient (Wildman–Crippen LogP) is 2.06. The Hall–Kier alpha value is -3.36. The van der Waals surface area contributed by atoms with Gasteiger partial charge in [-0.2, -0.15) is 4.31 Å². The summed E-state index contributed by atoms with van der Waals surface area (Å²) in [6.45, 7) is 4.90. The number of sulfonamides is 1. The Morgan fingerprint density at radius 2 is 1.71 bits per heavy atom. The van der Waals surface area contributed by atoms with Gasteiger partial charge in [0.25, 0.3) is 0 Å². The molecule has 2 amide bonds. The molecule has 0 aliphatic carbocycles. The largest absolute Gasteiger partial charge is 0.497 e. The lowest BCUT2D eigenvalue weighted by molar-refractivity contribution is -0.121. The molecule has 226 valence electrons. The maximum absolute atomic E-state index is 13.4. The van der Waals surface area contributed by atoms with Crippen LogP contribution in [0.1, 0.15) is 24.6 Å². The Balaban J connectivity index is 0.00000110. The SMILES string of the molecule is CCCNCCNC(=O)Cn1c2c(c3cc(OC)ccc31)CCN(S(=O)(=O)c1ccc(OC)cc1)C2.Cl.O=CNO. The molecular formula is C27H38ClN5O7S. The Labute approximate surface area is 246 Å². The number of rotatable bonds is 12. The number of fused-ring (bicyclic) bond motifs is 3. The molecule has 0 saturated carbocycles. The average Bonchev–Trinajstić information content (AvgIpc) is 3.28. The van der Waals surface area contributed by atoms with Crippen molar-refractivity contribution in [2.24, 2.45) is 0 Å². The van der Waals surface area contributed by atoms with Gasteiger partial charge in [0, 0.05) is 36.2 Å². The van der Waals surface area contributed by atoms with E-state index in [1.807, 2.05) is 22.8 Å². The van der Waals surface area contributed by atoms with Crippen LogP contribution in [0.25, 0.3) is 10.9 Å². The van der Waals surface area contributed by atoms with Gasteiger partial charge >= 0.3 is 0 Å². The van der Waals surface area contributed by atoms with E-state index in [0.717, 1.165) is 40.9 Å². The molecule has 14 heteroatoms. The predicted molar refractivity (Wildman–Crippen MR) is 157 cm³/mol. The van der Waals surface area contributed by atoms with E-state index in [1.54, 1.807) is 38.5 Å². The second-order valence-corrected chi connectivity index (χ2v) is 10.9. The van der Waals surface area contributed by atoms with E-state index in [1.165, 1.54) is 9.79 Å². The quantitative estimate of drug-likeness (QED) is 0.105. The Morgan fingerprint density at radius 1 is 1.05 bits per heavy atom. The number of aromatic nitrogens is 1. The first-order valence-electron chi connectivity index (χ1n) is 12.9. The second-order valence-electron chi connectivity index (χ2n) is 9.01. The van der Waals surface area contributed by atoms with Crippen LogP contribution >= 0.6 is 12.4 Å². The van der Waals surface area contributed by atoms with Crippen molar-refractivity contribution < 1.29 is 32.7 Å². The summed E-state index contributed by atoms with van der Waals surface area (Å²) in [7, 11) is -0.556. The number of methoxy groups -OCH3 is 2. The number of amides is 2. The molecule has 1 aliphatic heterocycles. The topological polar surface area (TPSA) is 151 Å². The molecule has 4 rings (SSSR count). The molecule has 2 aromatic carbocycles. The molecule has 1 aliphatic rings. The summed E-state index contributed by atoms with van der Waals surface area (Å²) in [5, 5.41) is 14.5. The number of carbonyl (C=O) groups is 2. The van der Waals surface area contributed by atoms with Gasteiger partial charge in [0.1, 0.15) is 18.0 Å². The van der Waals surface area contributed by atoms with Crippen LogP contribution in [0.3, 0.4) is 0 Å². The molecule has 0 bridgehead atoms. The van der Waals surface area contributed by atoms with Crippen LogP contribution in [0.5, 0.6) is 11.5 Å². The van der Waals surface area contributed by atoms with Gasteiger partial charge in [0.15, 0.2) is 0 Å². The lowest BCUT2D eigenvalue weighted by Crippen LogP contribution is -2.38. The van der Waals surface area contributed by atoms with E-state index < -0.39 is 10.0 Å². The molecule has 2 heterocycles. The molecule has 3 aromatic rings. The monoisotopic (exact) mass is 611 g/mol. The third-order valence-electron chi connectivity index (χ3n) is 6.53. The zero-order chi connectivity index (χ0) is 29.1. The fourth-order valence-corrected chi connectivity index (χ4v) is 6.00. The van der Waals surface area contributed by atoms with Crippen molar-refractivity contribution in [3.05, 3.63) is 53.7 Å². The third kappa shape index (κ3) is 8.33. The Kier molecular flexibility index (Phi) is 13.4. The van der Waals surface area contributed by atoms with E-state index >= 15 is 0 Å². The minimum absolute atomic E-state index is 0. The molecule has 0 atom stereocenters. The third-order valence-corrected chi connectivity index (χ3v) is 8.39. The Morgan fingerprint density at radius 3 is 2.32 bits per heavy atom. The molecule has 12 nitrogen and oxygen atoms in total. The van der Waals surface area contributed by atoms with E-state index in [-0.39, 0.29) is 42.7 Å². The highest BCUT2D eigenvalue weighted by atomic mass is 35.5. The highest BCUT2D eigenvalue weighted by Gasteiger charge is 2.32. The lowest BCUT2D eigenvalue weighted by Gasteiger charge is -2.28. The summed E-state index contributed by atoms with van der Waals surface area (Å²) in [6.07, 6.45) is 1.76. The summed E-state index contributed by atoms with van der Waals surface area (Å²) < 4.78 is 40.9. The summed E-state index contributed by atoms with van der Waals surface area (Å²) in [6, 6.07) is 12.2. The minimum atomic E-state index is -3.72. The molecule has 0 unspecified atom stereocenters. The first kappa shape index (κ1) is 33.8. The number of hydroxylamine groups is 1. The van der Waals surface area contributed by atoms with Crippen molar-refractivity contribution in [3.8, 4) is 11.5 Å². The maximum Gasteiger partial charge on any atom is 0.243 e. The van der Waals surface area contributed by atoms with Crippen LogP contribution in [0.4, 0.5) is 0 Å². The molecule has 0 radical (unpaired) electrons. The summed E-state index contributed by atoms with van der Waals surface area (Å²) in [4.78, 5) is 21.9. The van der Waals surface area contributed by atoms with Crippen LogP contribution in [0.15, 0.2) is 47.4 Å². The molecule has 1 aromatic heterocycles. The van der Waals surface area contributed by atoms with Gasteiger partial charge in [0.05, 0.1) is 25.7 Å². The first-order chi connectivity index (χ1) is 19.3. The lowest BCUT2D eigenvalue weighted by atomic mass is 10.0. The van der Waals surface area contributed by atoms with Crippen molar-refractivity contribution in [2.45, 2.75) is 37.8 Å². The van der Waals surface area contributed by atoms with Gasteiger partial charge in [0.2, 0.25) is 22.3 Å². The number of nitrogens with one attached hydrogen (secondary N) is 3. The van der Waals surface area contributed by atoms with Crippen LogP contribution < -0.4 is 25.6 Å². The van der Waals surface area contributed by atoms with E-state index in [4.69, 9.17) is 19.5 Å². The van der Waals surface area contributed by atoms with Crippen molar-refractivity contribution in [1.29, 1.82) is 0 Å². The zero-order valence-electron chi connectivity index (χ0n) is 23.4. The number of nitrogens with zero attached hydrogens (tertiary/aromatic N) is 2. The van der Waals surface area contributed by atoms with Crippen molar-refractivity contribution in [1.82, 2.24) is 25.0 Å². The number of ether oxygens (including phenoxy) is 2. The van der Waals surface area contributed by atoms with Crippen LogP contribution in [-0.2, 0) is 39.1 Å². The second kappa shape index (κ2) is 16.2. The van der Waals surface area contributed by atoms with Gasteiger partial charge < -0.3 is 24.7 Å². The summed E-state index contributed by atoms with van der Waals surface area (Å²) in [5.74, 6) is 1.21. The zero-order valence-corrected chi connectivity index (χ0v) is 25.0. The van der Waals surface area contributed by atoms with Crippen molar-refractivity contribution in [3.63, 3.8) is 0 Å². The standard InChI is InChI=1S/C26H34N4O5S.CH3NO2.ClH/c1-4-12-27-13-14-28-26(31)18-30-24-10-7-20(35-3)16-23(24)22-11-15-29(17-25(22)30)36(32,33)21-8-5-19(34-2)6-9-21;3-1-2-4;/h5-10,16,27H,4,11-15,17-18H2,1-3H3,(H,28,31);1,4H,(H,2,3);1H. The molecule has 41 heavy (non-hydrogen) atoms. The minimum Gasteiger partial charge on any atom is -0.497 e. The van der Waals surface area contributed by atoms with Gasteiger partial charge in [-0.05, 0) is 67.4 Å². The molecule has 0 spiro atoms. The van der Waals surface area contributed by atoms with Gasteiger partial charge in [-0.3, -0.25) is 14.8 Å². The normalized spacial score (nSPS) is 12.8. The van der Waals surface area contributed by atoms with Gasteiger partial charge in [-0.25, -0.2) is 13.9 Å². The van der Waals surface area contributed by atoms with Gasteiger partial charge in [-0.1, -0.05) is 6.92 Å². The molecule has 0 fully saturated rings. The average molecular weight is 612 g/mol. The highest BCUT2D eigenvalue weighted by Crippen LogP contribution is 2.35. The fraction of sp³-hybridized carbons (Fsp3) is 0.407. The number of carbonyl (C=O) groups excluding carboxylic acids is 2. The number of hydrogen-bond acceptors (Lipinski definition) is 8. The summed E-state index contributed by atoms with van der Waals surface area (Å²) in [5.41, 5.74) is 4.03. The van der Waals surface area contributed by atoms with Crippen molar-refractivity contribution >= 4 is 45.7 Å². The number of halogens is 1. The highest BCUT2D eigenvalue weighted by molar-refractivity contribution is 7.89. The van der Waals surface area contributed by atoms with E-state index in [9.17, 15) is 13.2 Å². The van der Waals surface area contributed by atoms with E-state index in [0.29, 0.717) is 31.8 Å². The molecule has 0 saturated heterocycles. The van der Waals surface area contributed by atoms with E-state index in [2.05, 4.69) is 17.6 Å². The van der Waals surface area contributed by atoms with Gasteiger partial charge in [-0.15, -0.1) is 12.4 Å². The molecular weight excluding hydrogens is 574 g/mol. The van der Waals surface area contributed by atoms with Crippen molar-refractivity contribution in [2.75, 3.05) is 40.4 Å².